The lowest BCUT2D eigenvalue weighted by atomic mass is 10.0. The third-order valence-corrected chi connectivity index (χ3v) is 4.12. The topological polar surface area (TPSA) is 114 Å². The molecule has 0 spiro atoms. The summed E-state index contributed by atoms with van der Waals surface area (Å²) >= 11 is 0. The van der Waals surface area contributed by atoms with Crippen molar-refractivity contribution < 1.29 is 23.0 Å². The van der Waals surface area contributed by atoms with Gasteiger partial charge in [-0.15, -0.1) is 0 Å². The molecule has 0 unspecified atom stereocenters. The zero-order valence-corrected chi connectivity index (χ0v) is 15.0. The Morgan fingerprint density at radius 2 is 1.93 bits per heavy atom. The number of hydrogen-bond donors (Lipinski definition) is 2. The Morgan fingerprint density at radius 3 is 2.57 bits per heavy atom. The van der Waals surface area contributed by atoms with Crippen LogP contribution in [0.25, 0.3) is 11.1 Å². The van der Waals surface area contributed by atoms with Crippen LogP contribution in [-0.4, -0.2) is 48.1 Å². The van der Waals surface area contributed by atoms with Crippen molar-refractivity contribution in [1.29, 1.82) is 5.41 Å². The summed E-state index contributed by atoms with van der Waals surface area (Å²) < 4.78 is 39.2. The number of carbonyl (C=O) groups excluding carboxylic acids is 1. The predicted molar refractivity (Wildman–Crippen MR) is 96.7 cm³/mol. The van der Waals surface area contributed by atoms with Crippen molar-refractivity contribution in [2.45, 2.75) is 13.0 Å². The van der Waals surface area contributed by atoms with Crippen LogP contribution in [0.5, 0.6) is 0 Å². The first-order valence-electron chi connectivity index (χ1n) is 8.56. The number of benzene rings is 1. The Labute approximate surface area is 159 Å². The lowest BCUT2D eigenvalue weighted by Crippen LogP contribution is -2.37. The van der Waals surface area contributed by atoms with Crippen molar-refractivity contribution in [2.24, 2.45) is 5.73 Å². The fraction of sp³-hybridized carbons (Fsp3) is 0.333. The summed E-state index contributed by atoms with van der Waals surface area (Å²) in [6.45, 7) is 2.02. The van der Waals surface area contributed by atoms with E-state index in [9.17, 15) is 13.6 Å². The summed E-state index contributed by atoms with van der Waals surface area (Å²) in [6, 6.07) is 2.28. The van der Waals surface area contributed by atoms with Crippen LogP contribution >= 0.6 is 0 Å². The Bertz CT molecular complexity index is 870. The number of nitrogens with two attached hydrogens (primary N) is 1. The van der Waals surface area contributed by atoms with Gasteiger partial charge in [-0.2, -0.15) is 0 Å². The fourth-order valence-corrected chi connectivity index (χ4v) is 2.71. The molecule has 10 heteroatoms. The van der Waals surface area contributed by atoms with Crippen molar-refractivity contribution in [2.75, 3.05) is 31.2 Å². The first kappa shape index (κ1) is 19.6. The second-order valence-electron chi connectivity index (χ2n) is 6.13. The summed E-state index contributed by atoms with van der Waals surface area (Å²) in [6.07, 6.45) is 2.31. The predicted octanol–water partition coefficient (Wildman–Crippen LogP) is 1.63. The van der Waals surface area contributed by atoms with E-state index in [4.69, 9.17) is 20.6 Å². The summed E-state index contributed by atoms with van der Waals surface area (Å²) in [4.78, 5) is 21.8. The largest absolute Gasteiger partial charge is 0.460 e. The molecule has 0 atom stereocenters. The van der Waals surface area contributed by atoms with Crippen LogP contribution in [0.4, 0.5) is 14.7 Å². The van der Waals surface area contributed by atoms with Crippen LogP contribution in [-0.2, 0) is 20.9 Å². The molecule has 1 fully saturated rings. The van der Waals surface area contributed by atoms with Gasteiger partial charge in [-0.25, -0.2) is 18.7 Å². The summed E-state index contributed by atoms with van der Waals surface area (Å²) in [5.74, 6) is -2.31. The van der Waals surface area contributed by atoms with Gasteiger partial charge in [0.1, 0.15) is 30.5 Å². The van der Waals surface area contributed by atoms with Crippen molar-refractivity contribution in [3.05, 3.63) is 41.7 Å². The molecule has 2 aromatic rings. The van der Waals surface area contributed by atoms with Gasteiger partial charge in [0.15, 0.2) is 0 Å². The van der Waals surface area contributed by atoms with Crippen LogP contribution in [0.3, 0.4) is 0 Å². The standard InChI is InChI=1S/C18H19F2N5O3/c19-13-2-1-11(10-28-15(26)7-14(21)22)17(20)16(13)12-8-23-18(24-9-12)25-3-5-27-6-4-25/h1-2,8-9H,3-7,10H2,(H3,21,22). The maximum atomic E-state index is 14.8. The number of aromatic nitrogens is 2. The number of anilines is 1. The summed E-state index contributed by atoms with van der Waals surface area (Å²) in [5.41, 5.74) is 4.98. The number of carbonyl (C=O) groups is 1. The van der Waals surface area contributed by atoms with Crippen molar-refractivity contribution in [3.8, 4) is 11.1 Å². The van der Waals surface area contributed by atoms with Gasteiger partial charge in [-0.3, -0.25) is 10.2 Å². The molecule has 3 N–H and O–H groups in total. The number of morpholine rings is 1. The molecule has 2 heterocycles. The Kier molecular flexibility index (Phi) is 6.09. The SMILES string of the molecule is N=C(N)CC(=O)OCc1ccc(F)c(-c2cnc(N3CCOCC3)nc2)c1F. The van der Waals surface area contributed by atoms with Gasteiger partial charge in [0.05, 0.1) is 18.8 Å². The molecule has 0 radical (unpaired) electrons. The summed E-state index contributed by atoms with van der Waals surface area (Å²) in [5, 5.41) is 7.04. The van der Waals surface area contributed by atoms with Crippen LogP contribution in [0, 0.1) is 17.0 Å². The normalized spacial score (nSPS) is 14.0. The molecule has 8 nitrogen and oxygen atoms in total. The van der Waals surface area contributed by atoms with E-state index in [-0.39, 0.29) is 22.5 Å². The molecule has 1 aliphatic heterocycles. The molecule has 1 aromatic carbocycles. The van der Waals surface area contributed by atoms with Crippen molar-refractivity contribution in [1.82, 2.24) is 9.97 Å². The van der Waals surface area contributed by atoms with Crippen LogP contribution in [0.1, 0.15) is 12.0 Å². The van der Waals surface area contributed by atoms with Gasteiger partial charge >= 0.3 is 5.97 Å². The van der Waals surface area contributed by atoms with E-state index in [0.717, 1.165) is 6.07 Å². The quantitative estimate of drug-likeness (QED) is 0.437. The molecule has 1 aromatic heterocycles. The molecule has 148 valence electrons. The van der Waals surface area contributed by atoms with E-state index < -0.39 is 30.6 Å². The zero-order chi connectivity index (χ0) is 20.1. The second-order valence-corrected chi connectivity index (χ2v) is 6.13. The maximum Gasteiger partial charge on any atom is 0.313 e. The Morgan fingerprint density at radius 1 is 1.25 bits per heavy atom. The van der Waals surface area contributed by atoms with Gasteiger partial charge in [0, 0.05) is 36.6 Å². The number of nitrogens with one attached hydrogen (secondary N) is 1. The minimum Gasteiger partial charge on any atom is -0.460 e. The van der Waals surface area contributed by atoms with Crippen molar-refractivity contribution >= 4 is 17.8 Å². The highest BCUT2D eigenvalue weighted by Crippen LogP contribution is 2.28. The summed E-state index contributed by atoms with van der Waals surface area (Å²) in [7, 11) is 0. The monoisotopic (exact) mass is 391 g/mol. The van der Waals surface area contributed by atoms with Crippen LogP contribution in [0.2, 0.25) is 0 Å². The molecule has 3 rings (SSSR count). The number of ether oxygens (including phenoxy) is 2. The third kappa shape index (κ3) is 4.58. The molecular weight excluding hydrogens is 372 g/mol. The van der Waals surface area contributed by atoms with Gasteiger partial charge in [-0.05, 0) is 12.1 Å². The highest BCUT2D eigenvalue weighted by atomic mass is 19.1. The number of amidine groups is 1. The number of esters is 1. The molecule has 1 saturated heterocycles. The highest BCUT2D eigenvalue weighted by Gasteiger charge is 2.19. The second kappa shape index (κ2) is 8.70. The average Bonchev–Trinajstić information content (AvgIpc) is 2.68. The minimum atomic E-state index is -0.863. The van der Waals surface area contributed by atoms with E-state index >= 15 is 0 Å². The van der Waals surface area contributed by atoms with E-state index in [1.807, 2.05) is 4.90 Å². The zero-order valence-electron chi connectivity index (χ0n) is 15.0. The van der Waals surface area contributed by atoms with E-state index in [1.165, 1.54) is 18.5 Å². The third-order valence-electron chi connectivity index (χ3n) is 4.12. The molecule has 0 bridgehead atoms. The van der Waals surface area contributed by atoms with Crippen LogP contribution in [0.15, 0.2) is 24.5 Å². The molecule has 0 aliphatic carbocycles. The number of hydrogen-bond acceptors (Lipinski definition) is 7. The van der Waals surface area contributed by atoms with E-state index in [1.54, 1.807) is 0 Å². The molecular formula is C18H19F2N5O3. The van der Waals surface area contributed by atoms with Crippen LogP contribution < -0.4 is 10.6 Å². The smallest absolute Gasteiger partial charge is 0.313 e. The van der Waals surface area contributed by atoms with Gasteiger partial charge < -0.3 is 20.1 Å². The van der Waals surface area contributed by atoms with Gasteiger partial charge in [-0.1, -0.05) is 0 Å². The first-order valence-corrected chi connectivity index (χ1v) is 8.56. The minimum absolute atomic E-state index is 0.00874. The lowest BCUT2D eigenvalue weighted by Gasteiger charge is -2.26. The van der Waals surface area contributed by atoms with E-state index in [2.05, 4.69) is 9.97 Å². The molecule has 0 amide bonds. The molecule has 28 heavy (non-hydrogen) atoms. The van der Waals surface area contributed by atoms with Crippen molar-refractivity contribution in [3.63, 3.8) is 0 Å². The lowest BCUT2D eigenvalue weighted by molar-refractivity contribution is -0.143. The number of halogens is 2. The van der Waals surface area contributed by atoms with Gasteiger partial charge in [0.25, 0.3) is 0 Å². The number of rotatable bonds is 6. The maximum absolute atomic E-state index is 14.8. The fourth-order valence-electron chi connectivity index (χ4n) is 2.71. The molecule has 0 saturated carbocycles. The number of nitrogens with zero attached hydrogens (tertiary/aromatic N) is 3. The first-order chi connectivity index (χ1) is 13.5. The Hall–Kier alpha value is -3.14. The van der Waals surface area contributed by atoms with E-state index in [0.29, 0.717) is 32.3 Å². The Balaban J connectivity index is 1.79. The highest BCUT2D eigenvalue weighted by molar-refractivity contribution is 5.94. The molecule has 1 aliphatic rings. The van der Waals surface area contributed by atoms with Gasteiger partial charge in [0.2, 0.25) is 5.95 Å². The average molecular weight is 391 g/mol.